The van der Waals surface area contributed by atoms with E-state index in [1.54, 1.807) is 0 Å². The summed E-state index contributed by atoms with van der Waals surface area (Å²) in [5.41, 5.74) is 0. The van der Waals surface area contributed by atoms with Gasteiger partial charge in [0.2, 0.25) is 5.78 Å². The van der Waals surface area contributed by atoms with Gasteiger partial charge in [-0.15, -0.1) is 0 Å². The molecule has 0 aromatic heterocycles. The van der Waals surface area contributed by atoms with Crippen molar-refractivity contribution in [2.75, 3.05) is 14.1 Å². The fraction of sp³-hybridized carbons (Fsp3) is 0.625. The van der Waals surface area contributed by atoms with Crippen molar-refractivity contribution >= 4 is 5.78 Å². The van der Waals surface area contributed by atoms with Crippen molar-refractivity contribution in [3.05, 3.63) is 0 Å². The molecule has 0 rings (SSSR count). The molecule has 0 amide bonds. The molecule has 0 spiro atoms. The van der Waals surface area contributed by atoms with E-state index in [1.165, 1.54) is 6.92 Å². The van der Waals surface area contributed by atoms with E-state index >= 15 is 0 Å². The minimum Gasteiger partial charge on any atom is -0.296 e. The summed E-state index contributed by atoms with van der Waals surface area (Å²) >= 11 is 0. The Balaban J connectivity index is 3.92. The number of ketones is 1. The van der Waals surface area contributed by atoms with Crippen molar-refractivity contribution in [2.24, 2.45) is 0 Å². The number of hydrogen-bond donors (Lipinski definition) is 0. The van der Waals surface area contributed by atoms with Gasteiger partial charge in [0.05, 0.1) is 6.04 Å². The van der Waals surface area contributed by atoms with Gasteiger partial charge in [-0.3, -0.25) is 9.69 Å². The van der Waals surface area contributed by atoms with Crippen LogP contribution in [0.5, 0.6) is 0 Å². The van der Waals surface area contributed by atoms with Crippen LogP contribution in [0.3, 0.4) is 0 Å². The van der Waals surface area contributed by atoms with Crippen LogP contribution in [0.4, 0.5) is 0 Å². The molecule has 1 atom stereocenters. The van der Waals surface area contributed by atoms with E-state index in [0.717, 1.165) is 0 Å². The van der Waals surface area contributed by atoms with Crippen molar-refractivity contribution in [1.29, 1.82) is 0 Å². The minimum atomic E-state index is -0.0753. The Labute approximate surface area is 62.2 Å². The fourth-order valence-electron chi connectivity index (χ4n) is 0.335. The molecule has 1 unspecified atom stereocenters. The predicted octanol–water partition coefficient (Wildman–Crippen LogP) is 0.529. The Morgan fingerprint density at radius 3 is 2.30 bits per heavy atom. The van der Waals surface area contributed by atoms with Gasteiger partial charge < -0.3 is 0 Å². The van der Waals surface area contributed by atoms with Gasteiger partial charge in [-0.2, -0.15) is 0 Å². The summed E-state index contributed by atoms with van der Waals surface area (Å²) in [5, 5.41) is 0. The molecule has 0 saturated carbocycles. The van der Waals surface area contributed by atoms with Crippen LogP contribution < -0.4 is 0 Å². The Kier molecular flexibility index (Phi) is 3.75. The molecule has 56 valence electrons. The largest absolute Gasteiger partial charge is 0.296 e. The van der Waals surface area contributed by atoms with E-state index < -0.39 is 0 Å². The summed E-state index contributed by atoms with van der Waals surface area (Å²) in [4.78, 5) is 12.3. The van der Waals surface area contributed by atoms with Crippen LogP contribution in [0.1, 0.15) is 13.8 Å². The summed E-state index contributed by atoms with van der Waals surface area (Å²) in [5.74, 6) is 5.23. The molecule has 0 aliphatic heterocycles. The van der Waals surface area contributed by atoms with Gasteiger partial charge in [0.1, 0.15) is 0 Å². The number of nitrogens with zero attached hydrogens (tertiary/aromatic N) is 1. The predicted molar refractivity (Wildman–Crippen MR) is 41.6 cm³/mol. The van der Waals surface area contributed by atoms with Crippen molar-refractivity contribution in [1.82, 2.24) is 4.90 Å². The standard InChI is InChI=1S/C8H13NO/c1-7(9(3)4)5-6-8(2)10/h7H,1-4H3. The molecule has 10 heavy (non-hydrogen) atoms. The molecule has 0 aromatic rings. The molecule has 0 saturated heterocycles. The summed E-state index contributed by atoms with van der Waals surface area (Å²) in [7, 11) is 3.86. The smallest absolute Gasteiger partial charge is 0.202 e. The highest BCUT2D eigenvalue weighted by molar-refractivity contribution is 5.93. The lowest BCUT2D eigenvalue weighted by Gasteiger charge is -2.11. The van der Waals surface area contributed by atoms with Gasteiger partial charge in [0, 0.05) is 6.92 Å². The molecular formula is C8H13NO. The number of carbonyl (C=O) groups excluding carboxylic acids is 1. The zero-order valence-electron chi connectivity index (χ0n) is 6.93. The molecule has 0 aromatic carbocycles. The molecule has 0 heterocycles. The van der Waals surface area contributed by atoms with E-state index in [2.05, 4.69) is 11.8 Å². The Hall–Kier alpha value is -0.810. The number of hydrogen-bond acceptors (Lipinski definition) is 2. The molecule has 0 bridgehead atoms. The highest BCUT2D eigenvalue weighted by Crippen LogP contribution is 1.86. The quantitative estimate of drug-likeness (QED) is 0.390. The molecule has 0 N–H and O–H groups in total. The van der Waals surface area contributed by atoms with Crippen molar-refractivity contribution < 1.29 is 4.79 Å². The number of rotatable bonds is 1. The second kappa shape index (κ2) is 4.08. The average molecular weight is 139 g/mol. The lowest BCUT2D eigenvalue weighted by atomic mass is 10.3. The summed E-state index contributed by atoms with van der Waals surface area (Å²) in [6, 6.07) is 0.156. The van der Waals surface area contributed by atoms with E-state index in [9.17, 15) is 4.79 Å². The fourth-order valence-corrected chi connectivity index (χ4v) is 0.335. The van der Waals surface area contributed by atoms with Crippen molar-refractivity contribution in [2.45, 2.75) is 19.9 Å². The maximum Gasteiger partial charge on any atom is 0.202 e. The van der Waals surface area contributed by atoms with Crippen molar-refractivity contribution in [3.63, 3.8) is 0 Å². The summed E-state index contributed by atoms with van der Waals surface area (Å²) < 4.78 is 0. The lowest BCUT2D eigenvalue weighted by molar-refractivity contribution is -0.111. The first-order valence-corrected chi connectivity index (χ1v) is 3.22. The third kappa shape index (κ3) is 4.11. The molecular weight excluding hydrogens is 126 g/mol. The zero-order chi connectivity index (χ0) is 8.15. The first-order valence-electron chi connectivity index (χ1n) is 3.22. The second-order valence-electron chi connectivity index (χ2n) is 2.47. The topological polar surface area (TPSA) is 20.3 Å². The van der Waals surface area contributed by atoms with Gasteiger partial charge in [-0.1, -0.05) is 5.92 Å². The van der Waals surface area contributed by atoms with Gasteiger partial charge >= 0.3 is 0 Å². The minimum absolute atomic E-state index is 0.0753. The lowest BCUT2D eigenvalue weighted by Crippen LogP contribution is -2.22. The average Bonchev–Trinajstić information content (AvgIpc) is 1.82. The molecule has 0 aliphatic rings. The van der Waals surface area contributed by atoms with E-state index in [-0.39, 0.29) is 11.8 Å². The Morgan fingerprint density at radius 2 is 2.00 bits per heavy atom. The second-order valence-corrected chi connectivity index (χ2v) is 2.47. The number of carbonyl (C=O) groups is 1. The summed E-state index contributed by atoms with van der Waals surface area (Å²) in [6.45, 7) is 3.42. The van der Waals surface area contributed by atoms with E-state index in [4.69, 9.17) is 0 Å². The Bertz CT molecular complexity index is 173. The van der Waals surface area contributed by atoms with Crippen LogP contribution in [0.25, 0.3) is 0 Å². The van der Waals surface area contributed by atoms with Crippen LogP contribution in [0, 0.1) is 11.8 Å². The van der Waals surface area contributed by atoms with Gasteiger partial charge in [-0.05, 0) is 26.9 Å². The van der Waals surface area contributed by atoms with Gasteiger partial charge in [0.15, 0.2) is 0 Å². The SMILES string of the molecule is CC(=O)C#CC(C)N(C)C. The van der Waals surface area contributed by atoms with E-state index in [1.807, 2.05) is 25.9 Å². The molecule has 0 fully saturated rings. The monoisotopic (exact) mass is 139 g/mol. The third-order valence-corrected chi connectivity index (χ3v) is 1.23. The molecule has 2 heteroatoms. The maximum atomic E-state index is 10.4. The molecule has 2 nitrogen and oxygen atoms in total. The van der Waals surface area contributed by atoms with Gasteiger partial charge in [0.25, 0.3) is 0 Å². The Morgan fingerprint density at radius 1 is 1.50 bits per heavy atom. The van der Waals surface area contributed by atoms with Crippen LogP contribution in [0.15, 0.2) is 0 Å². The zero-order valence-corrected chi connectivity index (χ0v) is 6.93. The highest BCUT2D eigenvalue weighted by Gasteiger charge is 1.96. The van der Waals surface area contributed by atoms with E-state index in [0.29, 0.717) is 0 Å². The first kappa shape index (κ1) is 9.19. The van der Waals surface area contributed by atoms with Crippen LogP contribution >= 0.6 is 0 Å². The van der Waals surface area contributed by atoms with Crippen LogP contribution in [0.2, 0.25) is 0 Å². The first-order chi connectivity index (χ1) is 4.54. The maximum absolute atomic E-state index is 10.4. The normalized spacial score (nSPS) is 12.1. The molecule has 0 aliphatic carbocycles. The summed E-state index contributed by atoms with van der Waals surface area (Å²) in [6.07, 6.45) is 0. The van der Waals surface area contributed by atoms with Crippen LogP contribution in [-0.2, 0) is 4.79 Å². The van der Waals surface area contributed by atoms with Gasteiger partial charge in [-0.25, -0.2) is 0 Å². The number of Topliss-reactive ketones (excluding diaryl/α,β-unsaturated/α-hetero) is 1. The third-order valence-electron chi connectivity index (χ3n) is 1.23. The van der Waals surface area contributed by atoms with Crippen molar-refractivity contribution in [3.8, 4) is 11.8 Å². The molecule has 0 radical (unpaired) electrons. The van der Waals surface area contributed by atoms with Crippen LogP contribution in [-0.4, -0.2) is 30.8 Å². The highest BCUT2D eigenvalue weighted by atomic mass is 16.1.